The largest absolute Gasteiger partial charge is 0.497 e. The molecule has 1 amide bonds. The van der Waals surface area contributed by atoms with Crippen LogP contribution in [0.1, 0.15) is 12.5 Å². The Balaban J connectivity index is 1.71. The molecule has 138 valence electrons. The number of nitrogens with one attached hydrogen (secondary N) is 1. The van der Waals surface area contributed by atoms with Gasteiger partial charge >= 0.3 is 0 Å². The summed E-state index contributed by atoms with van der Waals surface area (Å²) in [6.07, 6.45) is 0. The Kier molecular flexibility index (Phi) is 6.11. The number of ether oxygens (including phenoxy) is 1. The van der Waals surface area contributed by atoms with E-state index in [1.807, 2.05) is 35.8 Å². The molecule has 3 aromatic rings. The standard InChI is InChI=1S/C18H17N5O2S2/c1-3-23-16(12-5-4-6-14(9-12)25-2)21-22-18(23)27-11-15(24)20-17-13(10-19)7-8-26-17/h4-9H,3,11H2,1-2H3,(H,20,24). The van der Waals surface area contributed by atoms with Gasteiger partial charge in [0.05, 0.1) is 18.4 Å². The predicted octanol–water partition coefficient (Wildman–Crippen LogP) is 3.64. The fourth-order valence-electron chi connectivity index (χ4n) is 2.44. The molecule has 0 unspecified atom stereocenters. The summed E-state index contributed by atoms with van der Waals surface area (Å²) in [6, 6.07) is 11.4. The van der Waals surface area contributed by atoms with Crippen molar-refractivity contribution in [3.8, 4) is 23.2 Å². The monoisotopic (exact) mass is 399 g/mol. The van der Waals surface area contributed by atoms with E-state index in [1.165, 1.54) is 23.1 Å². The van der Waals surface area contributed by atoms with Crippen LogP contribution in [0.3, 0.4) is 0 Å². The lowest BCUT2D eigenvalue weighted by atomic mass is 10.2. The second-order valence-electron chi connectivity index (χ2n) is 5.39. The molecule has 0 aliphatic heterocycles. The molecule has 9 heteroatoms. The van der Waals surface area contributed by atoms with Gasteiger partial charge in [-0.3, -0.25) is 4.79 Å². The van der Waals surface area contributed by atoms with Gasteiger partial charge in [0, 0.05) is 12.1 Å². The number of nitrogens with zero attached hydrogens (tertiary/aromatic N) is 4. The smallest absolute Gasteiger partial charge is 0.235 e. The van der Waals surface area contributed by atoms with Crippen molar-refractivity contribution in [2.75, 3.05) is 18.2 Å². The van der Waals surface area contributed by atoms with Crippen LogP contribution in [0.15, 0.2) is 40.9 Å². The topological polar surface area (TPSA) is 92.8 Å². The molecule has 0 radical (unpaired) electrons. The normalized spacial score (nSPS) is 10.4. The third-order valence-corrected chi connectivity index (χ3v) is 5.53. The Labute approximate surface area is 165 Å². The molecule has 0 aliphatic rings. The average Bonchev–Trinajstić information content (AvgIpc) is 3.32. The molecule has 2 heterocycles. The molecule has 1 aromatic carbocycles. The molecule has 3 rings (SSSR count). The van der Waals surface area contributed by atoms with Gasteiger partial charge < -0.3 is 14.6 Å². The first-order valence-corrected chi connectivity index (χ1v) is 10.0. The minimum atomic E-state index is -0.187. The number of carbonyl (C=O) groups is 1. The highest BCUT2D eigenvalue weighted by atomic mass is 32.2. The Morgan fingerprint density at radius 3 is 3.00 bits per heavy atom. The molecule has 0 fully saturated rings. The minimum absolute atomic E-state index is 0.180. The molecular formula is C18H17N5O2S2. The molecule has 0 atom stereocenters. The van der Waals surface area contributed by atoms with Crippen molar-refractivity contribution >= 4 is 34.0 Å². The van der Waals surface area contributed by atoms with Crippen LogP contribution < -0.4 is 10.1 Å². The van der Waals surface area contributed by atoms with Gasteiger partial charge in [-0.15, -0.1) is 21.5 Å². The highest BCUT2D eigenvalue weighted by molar-refractivity contribution is 7.99. The lowest BCUT2D eigenvalue weighted by Gasteiger charge is -2.08. The van der Waals surface area contributed by atoms with Crippen molar-refractivity contribution in [1.29, 1.82) is 5.26 Å². The van der Waals surface area contributed by atoms with Crippen LogP contribution in [-0.4, -0.2) is 33.5 Å². The predicted molar refractivity (Wildman–Crippen MR) is 106 cm³/mol. The van der Waals surface area contributed by atoms with E-state index < -0.39 is 0 Å². The van der Waals surface area contributed by atoms with Crippen molar-refractivity contribution in [3.05, 3.63) is 41.3 Å². The maximum absolute atomic E-state index is 12.2. The number of thiophene rings is 1. The Bertz CT molecular complexity index is 990. The lowest BCUT2D eigenvalue weighted by molar-refractivity contribution is -0.113. The van der Waals surface area contributed by atoms with Crippen LogP contribution in [0.25, 0.3) is 11.4 Å². The number of nitriles is 1. The minimum Gasteiger partial charge on any atom is -0.497 e. The van der Waals surface area contributed by atoms with Gasteiger partial charge in [0.2, 0.25) is 5.91 Å². The van der Waals surface area contributed by atoms with Gasteiger partial charge in [-0.25, -0.2) is 0 Å². The molecule has 1 N–H and O–H groups in total. The van der Waals surface area contributed by atoms with Crippen molar-refractivity contribution in [1.82, 2.24) is 14.8 Å². The quantitative estimate of drug-likeness (QED) is 0.610. The van der Waals surface area contributed by atoms with Crippen molar-refractivity contribution in [2.24, 2.45) is 0 Å². The van der Waals surface area contributed by atoms with Gasteiger partial charge in [0.15, 0.2) is 11.0 Å². The third-order valence-electron chi connectivity index (χ3n) is 3.73. The maximum atomic E-state index is 12.2. The fraction of sp³-hybridized carbons (Fsp3) is 0.222. The lowest BCUT2D eigenvalue weighted by Crippen LogP contribution is -2.14. The SMILES string of the molecule is CCn1c(SCC(=O)Nc2sccc2C#N)nnc1-c1cccc(OC)c1. The molecule has 2 aromatic heterocycles. The Morgan fingerprint density at radius 2 is 2.26 bits per heavy atom. The summed E-state index contributed by atoms with van der Waals surface area (Å²) < 4.78 is 7.22. The highest BCUT2D eigenvalue weighted by Crippen LogP contribution is 2.27. The van der Waals surface area contributed by atoms with E-state index in [4.69, 9.17) is 10.00 Å². The zero-order valence-corrected chi connectivity index (χ0v) is 16.4. The number of amides is 1. The summed E-state index contributed by atoms with van der Waals surface area (Å²) in [5.74, 6) is 1.46. The molecule has 0 saturated carbocycles. The van der Waals surface area contributed by atoms with Crippen molar-refractivity contribution in [3.63, 3.8) is 0 Å². The third kappa shape index (κ3) is 4.30. The number of anilines is 1. The first-order valence-electron chi connectivity index (χ1n) is 8.14. The van der Waals surface area contributed by atoms with Gasteiger partial charge in [0.1, 0.15) is 16.8 Å². The number of rotatable bonds is 7. The van der Waals surface area contributed by atoms with Crippen molar-refractivity contribution in [2.45, 2.75) is 18.6 Å². The van der Waals surface area contributed by atoms with E-state index in [1.54, 1.807) is 18.6 Å². The van der Waals surface area contributed by atoms with Gasteiger partial charge in [-0.1, -0.05) is 23.9 Å². The summed E-state index contributed by atoms with van der Waals surface area (Å²) in [5, 5.41) is 23.3. The van der Waals surface area contributed by atoms with E-state index in [2.05, 4.69) is 21.6 Å². The Morgan fingerprint density at radius 1 is 1.41 bits per heavy atom. The zero-order valence-electron chi connectivity index (χ0n) is 14.8. The Hall–Kier alpha value is -2.83. The molecule has 7 nitrogen and oxygen atoms in total. The molecule has 0 saturated heterocycles. The number of hydrogen-bond donors (Lipinski definition) is 1. The summed E-state index contributed by atoms with van der Waals surface area (Å²) in [5.41, 5.74) is 1.37. The zero-order chi connectivity index (χ0) is 19.2. The number of thioether (sulfide) groups is 1. The van der Waals surface area contributed by atoms with E-state index in [0.29, 0.717) is 22.3 Å². The van der Waals surface area contributed by atoms with E-state index in [-0.39, 0.29) is 11.7 Å². The van der Waals surface area contributed by atoms with Gasteiger partial charge in [-0.05, 0) is 30.5 Å². The second kappa shape index (κ2) is 8.70. The summed E-state index contributed by atoms with van der Waals surface area (Å²) in [4.78, 5) is 12.2. The van der Waals surface area contributed by atoms with E-state index >= 15 is 0 Å². The first-order chi connectivity index (χ1) is 13.2. The van der Waals surface area contributed by atoms with Gasteiger partial charge in [-0.2, -0.15) is 5.26 Å². The van der Waals surface area contributed by atoms with E-state index in [0.717, 1.165) is 17.1 Å². The molecule has 0 bridgehead atoms. The van der Waals surface area contributed by atoms with Crippen LogP contribution >= 0.6 is 23.1 Å². The number of hydrogen-bond acceptors (Lipinski definition) is 7. The molecular weight excluding hydrogens is 382 g/mol. The summed E-state index contributed by atoms with van der Waals surface area (Å²) in [7, 11) is 1.62. The highest BCUT2D eigenvalue weighted by Gasteiger charge is 2.16. The van der Waals surface area contributed by atoms with Crippen LogP contribution in [0.2, 0.25) is 0 Å². The number of benzene rings is 1. The second-order valence-corrected chi connectivity index (χ2v) is 7.25. The van der Waals surface area contributed by atoms with Crippen LogP contribution in [0.4, 0.5) is 5.00 Å². The van der Waals surface area contributed by atoms with Crippen LogP contribution in [0, 0.1) is 11.3 Å². The van der Waals surface area contributed by atoms with Crippen LogP contribution in [0.5, 0.6) is 5.75 Å². The summed E-state index contributed by atoms with van der Waals surface area (Å²) in [6.45, 7) is 2.68. The van der Waals surface area contributed by atoms with Crippen LogP contribution in [-0.2, 0) is 11.3 Å². The number of aromatic nitrogens is 3. The first kappa shape index (κ1) is 18.9. The number of carbonyl (C=O) groups excluding carboxylic acids is 1. The van der Waals surface area contributed by atoms with Crippen molar-refractivity contribution < 1.29 is 9.53 Å². The maximum Gasteiger partial charge on any atom is 0.235 e. The number of methoxy groups -OCH3 is 1. The fourth-order valence-corrected chi connectivity index (χ4v) is 4.00. The van der Waals surface area contributed by atoms with Gasteiger partial charge in [0.25, 0.3) is 0 Å². The van der Waals surface area contributed by atoms with E-state index in [9.17, 15) is 4.79 Å². The average molecular weight is 400 g/mol. The molecule has 27 heavy (non-hydrogen) atoms. The molecule has 0 spiro atoms. The summed E-state index contributed by atoms with van der Waals surface area (Å²) >= 11 is 2.64. The molecule has 0 aliphatic carbocycles.